The number of aromatic amines is 1. The highest BCUT2D eigenvalue weighted by molar-refractivity contribution is 7.52. The van der Waals surface area contributed by atoms with Crippen LogP contribution in [0.2, 0.25) is 0 Å². The van der Waals surface area contributed by atoms with Crippen molar-refractivity contribution in [1.82, 2.24) is 14.6 Å². The predicted octanol–water partition coefficient (Wildman–Crippen LogP) is 3.67. The lowest BCUT2D eigenvalue weighted by Crippen LogP contribution is -2.39. The van der Waals surface area contributed by atoms with Crippen LogP contribution in [0.15, 0.2) is 76.5 Å². The van der Waals surface area contributed by atoms with Crippen LogP contribution in [-0.2, 0) is 23.4 Å². The van der Waals surface area contributed by atoms with Crippen LogP contribution in [0.25, 0.3) is 10.8 Å². The normalized spacial score (nSPS) is 19.7. The highest BCUT2D eigenvalue weighted by atomic mass is 31.2. The molecule has 2 unspecified atom stereocenters. The third-order valence-corrected chi connectivity index (χ3v) is 7.05. The molecule has 0 amide bonds. The number of H-pyrrole nitrogens is 1. The van der Waals surface area contributed by atoms with Gasteiger partial charge in [-0.05, 0) is 45.2 Å². The van der Waals surface area contributed by atoms with E-state index in [0.29, 0.717) is 11.1 Å². The van der Waals surface area contributed by atoms with Gasteiger partial charge >= 0.3 is 19.4 Å². The molecule has 1 aliphatic heterocycles. The number of hydrogen-bond donors (Lipinski definition) is 2. The number of aromatic nitrogens is 2. The van der Waals surface area contributed by atoms with Crippen molar-refractivity contribution in [1.29, 1.82) is 0 Å². The maximum Gasteiger partial charge on any atom is 0.459 e. The van der Waals surface area contributed by atoms with Crippen LogP contribution in [-0.4, -0.2) is 39.9 Å². The smallest absolute Gasteiger partial charge is 0.459 e. The topological polar surface area (TPSA) is 138 Å². The molecule has 0 bridgehead atoms. The number of nitrogens with zero attached hydrogens (tertiary/aromatic N) is 1. The van der Waals surface area contributed by atoms with Crippen molar-refractivity contribution in [2.75, 3.05) is 6.61 Å². The molecule has 38 heavy (non-hydrogen) atoms. The lowest BCUT2D eigenvalue weighted by atomic mass is 10.1. The van der Waals surface area contributed by atoms with E-state index in [1.165, 1.54) is 23.8 Å². The van der Waals surface area contributed by atoms with E-state index in [4.69, 9.17) is 18.5 Å². The Bertz CT molecular complexity index is 1500. The summed E-state index contributed by atoms with van der Waals surface area (Å²) >= 11 is 0. The van der Waals surface area contributed by atoms with Crippen LogP contribution < -0.4 is 20.9 Å². The van der Waals surface area contributed by atoms with Crippen LogP contribution in [0.5, 0.6) is 5.75 Å². The summed E-state index contributed by atoms with van der Waals surface area (Å²) < 4.78 is 38.0. The van der Waals surface area contributed by atoms with E-state index in [9.17, 15) is 18.9 Å². The van der Waals surface area contributed by atoms with E-state index in [0.717, 1.165) is 5.39 Å². The quantitative estimate of drug-likeness (QED) is 0.235. The van der Waals surface area contributed by atoms with Gasteiger partial charge in [0.1, 0.15) is 23.5 Å². The van der Waals surface area contributed by atoms with E-state index in [1.54, 1.807) is 45.1 Å². The van der Waals surface area contributed by atoms with Gasteiger partial charge in [-0.2, -0.15) is 5.09 Å². The molecule has 0 saturated carbocycles. The highest BCUT2D eigenvalue weighted by Gasteiger charge is 2.35. The van der Waals surface area contributed by atoms with Crippen LogP contribution >= 0.6 is 7.75 Å². The van der Waals surface area contributed by atoms with Crippen molar-refractivity contribution in [3.05, 3.63) is 87.7 Å². The Morgan fingerprint density at radius 3 is 2.61 bits per heavy atom. The Kier molecular flexibility index (Phi) is 8.03. The molecule has 0 radical (unpaired) electrons. The first-order valence-corrected chi connectivity index (χ1v) is 13.5. The Balaban J connectivity index is 1.52. The van der Waals surface area contributed by atoms with E-state index in [-0.39, 0.29) is 6.61 Å². The summed E-state index contributed by atoms with van der Waals surface area (Å²) in [5.41, 5.74) is -1.90. The molecule has 202 valence electrons. The predicted molar refractivity (Wildman–Crippen MR) is 141 cm³/mol. The average molecular weight is 544 g/mol. The Hall–Kier alpha value is -3.50. The fraction of sp³-hybridized carbons (Fsp3) is 0.346. The van der Waals surface area contributed by atoms with E-state index in [1.807, 2.05) is 30.3 Å². The summed E-state index contributed by atoms with van der Waals surface area (Å²) in [5.74, 6) is -0.326. The van der Waals surface area contributed by atoms with Gasteiger partial charge < -0.3 is 14.0 Å². The second kappa shape index (κ2) is 11.1. The third-order valence-electron chi connectivity index (χ3n) is 5.42. The summed E-state index contributed by atoms with van der Waals surface area (Å²) in [7, 11) is -4.16. The largest absolute Gasteiger partial charge is 0.459 e. The van der Waals surface area contributed by atoms with Gasteiger partial charge in [0.15, 0.2) is 6.23 Å². The maximum absolute atomic E-state index is 14.0. The maximum atomic E-state index is 14.0. The number of hydrogen-bond acceptors (Lipinski definition) is 8. The number of carbonyl (C=O) groups is 1. The molecule has 11 nitrogen and oxygen atoms in total. The van der Waals surface area contributed by atoms with Crippen LogP contribution in [0.1, 0.15) is 33.9 Å². The number of rotatable bonds is 9. The summed E-state index contributed by atoms with van der Waals surface area (Å²) in [4.78, 5) is 38.2. The lowest BCUT2D eigenvalue weighted by molar-refractivity contribution is -0.156. The van der Waals surface area contributed by atoms with Crippen LogP contribution in [0.4, 0.5) is 0 Å². The molecule has 1 aliphatic rings. The first-order valence-electron chi connectivity index (χ1n) is 12.0. The minimum atomic E-state index is -4.16. The SMILES string of the molecule is C[C@H](NP(=O)(OC[C@@H]1C=CC(n2ccc(=O)[nH]c2=O)O1)Oc1cccc2ccccc12)C(=O)OC(C)(C)C. The number of carbonyl (C=O) groups excluding carboxylic acids is 1. The molecule has 4 rings (SSSR count). The van der Waals surface area contributed by atoms with Crippen molar-refractivity contribution in [2.24, 2.45) is 0 Å². The molecule has 2 heterocycles. The number of ether oxygens (including phenoxy) is 2. The van der Waals surface area contributed by atoms with Crippen LogP contribution in [0, 0.1) is 0 Å². The van der Waals surface area contributed by atoms with E-state index >= 15 is 0 Å². The molecule has 2 N–H and O–H groups in total. The molecular formula is C26H30N3O8P. The average Bonchev–Trinajstić information content (AvgIpc) is 3.31. The standard InChI is InChI=1S/C26H30N3O8P/c1-17(24(31)36-26(2,3)4)28-38(33,37-21-11-7-9-18-8-5-6-10-20(18)21)34-16-19-12-13-23(35-19)29-15-14-22(30)27-25(29)32/h5-15,17,19,23H,16H2,1-4H3,(H,28,33)(H,27,30,32)/t17-,19-,23?,38?/m0/s1. The van der Waals surface area contributed by atoms with E-state index in [2.05, 4.69) is 10.1 Å². The molecule has 0 spiro atoms. The van der Waals surface area contributed by atoms with Gasteiger partial charge in [-0.15, -0.1) is 0 Å². The van der Waals surface area contributed by atoms with Gasteiger partial charge in [-0.3, -0.25) is 23.7 Å². The highest BCUT2D eigenvalue weighted by Crippen LogP contribution is 2.47. The number of nitrogens with one attached hydrogen (secondary N) is 2. The molecule has 0 aliphatic carbocycles. The van der Waals surface area contributed by atoms with Crippen molar-refractivity contribution in [2.45, 2.75) is 51.7 Å². The number of esters is 1. The zero-order valence-corrected chi connectivity index (χ0v) is 22.3. The van der Waals surface area contributed by atoms with Crippen molar-refractivity contribution in [3.8, 4) is 5.75 Å². The van der Waals surface area contributed by atoms with Gasteiger partial charge in [-0.25, -0.2) is 9.36 Å². The fourth-order valence-electron chi connectivity index (χ4n) is 3.72. The zero-order valence-electron chi connectivity index (χ0n) is 21.5. The summed E-state index contributed by atoms with van der Waals surface area (Å²) in [6.45, 7) is 6.47. The van der Waals surface area contributed by atoms with Gasteiger partial charge in [-0.1, -0.05) is 42.5 Å². The van der Waals surface area contributed by atoms with Crippen molar-refractivity contribution in [3.63, 3.8) is 0 Å². The second-order valence-electron chi connectivity index (χ2n) is 9.71. The number of fused-ring (bicyclic) bond motifs is 1. The molecule has 3 aromatic rings. The fourth-order valence-corrected chi connectivity index (χ4v) is 5.24. The summed E-state index contributed by atoms with van der Waals surface area (Å²) in [6, 6.07) is 12.9. The Morgan fingerprint density at radius 2 is 1.87 bits per heavy atom. The first-order chi connectivity index (χ1) is 17.9. The van der Waals surface area contributed by atoms with E-state index < -0.39 is 48.9 Å². The molecule has 2 aromatic carbocycles. The first kappa shape index (κ1) is 27.5. The van der Waals surface area contributed by atoms with Gasteiger partial charge in [0.05, 0.1) is 6.61 Å². The molecule has 12 heteroatoms. The van der Waals surface area contributed by atoms with Gasteiger partial charge in [0.25, 0.3) is 5.56 Å². The minimum absolute atomic E-state index is 0.221. The minimum Gasteiger partial charge on any atom is -0.459 e. The Labute approximate surface area is 219 Å². The molecule has 1 aromatic heterocycles. The molecule has 0 saturated heterocycles. The van der Waals surface area contributed by atoms with Crippen molar-refractivity contribution >= 4 is 24.5 Å². The summed E-state index contributed by atoms with van der Waals surface area (Å²) in [5, 5.41) is 4.25. The lowest BCUT2D eigenvalue weighted by Gasteiger charge is -2.26. The Morgan fingerprint density at radius 1 is 1.13 bits per heavy atom. The molecular weight excluding hydrogens is 513 g/mol. The third kappa shape index (κ3) is 6.87. The van der Waals surface area contributed by atoms with Gasteiger partial charge in [0.2, 0.25) is 0 Å². The zero-order chi connectivity index (χ0) is 27.5. The number of benzene rings is 2. The molecule has 0 fully saturated rings. The second-order valence-corrected chi connectivity index (χ2v) is 11.4. The summed E-state index contributed by atoms with van der Waals surface area (Å²) in [6.07, 6.45) is 3.09. The van der Waals surface area contributed by atoms with Gasteiger partial charge in [0, 0.05) is 17.6 Å². The van der Waals surface area contributed by atoms with Crippen molar-refractivity contribution < 1.29 is 27.9 Å². The monoisotopic (exact) mass is 543 g/mol. The molecule has 4 atom stereocenters. The van der Waals surface area contributed by atoms with Crippen LogP contribution in [0.3, 0.4) is 0 Å².